The summed E-state index contributed by atoms with van der Waals surface area (Å²) in [5, 5.41) is 0. The summed E-state index contributed by atoms with van der Waals surface area (Å²) in [5.41, 5.74) is 7.10. The molecule has 0 amide bonds. The van der Waals surface area contributed by atoms with E-state index in [1.54, 1.807) is 0 Å². The molecule has 2 aromatic rings. The molecule has 0 bridgehead atoms. The summed E-state index contributed by atoms with van der Waals surface area (Å²) in [6, 6.07) is 14.3. The molecular weight excluding hydrogens is 464 g/mol. The molecule has 0 aliphatic rings. The number of nitrogens with two attached hydrogens (primary N) is 1. The van der Waals surface area contributed by atoms with Crippen LogP contribution in [-0.4, -0.2) is 6.04 Å². The maximum atomic E-state index is 5.95. The van der Waals surface area contributed by atoms with Crippen LogP contribution < -0.4 is 10.5 Å². The van der Waals surface area contributed by atoms with E-state index in [0.717, 1.165) is 25.1 Å². The summed E-state index contributed by atoms with van der Waals surface area (Å²) in [6.07, 6.45) is 0.887. The standard InChI is InChI=1S/C15H15I2NO/c1-10(18)7-11-8-13(16)15(14(17)9-11)19-12-5-3-2-4-6-12/h2-6,8-10H,7,18H2,1H3/t10-/m1/s1. The molecule has 0 saturated carbocycles. The zero-order chi connectivity index (χ0) is 13.8. The minimum atomic E-state index is 0.174. The largest absolute Gasteiger partial charge is 0.455 e. The Hall–Kier alpha value is -0.340. The predicted octanol–water partition coefficient (Wildman–Crippen LogP) is 4.58. The minimum absolute atomic E-state index is 0.174. The highest BCUT2D eigenvalue weighted by Crippen LogP contribution is 2.33. The van der Waals surface area contributed by atoms with Gasteiger partial charge in [0.1, 0.15) is 5.75 Å². The van der Waals surface area contributed by atoms with Crippen molar-refractivity contribution in [2.45, 2.75) is 19.4 Å². The summed E-state index contributed by atoms with van der Waals surface area (Å²) >= 11 is 4.63. The summed E-state index contributed by atoms with van der Waals surface area (Å²) in [7, 11) is 0. The fraction of sp³-hybridized carbons (Fsp3) is 0.200. The fourth-order valence-electron chi connectivity index (χ4n) is 1.81. The van der Waals surface area contributed by atoms with Gasteiger partial charge in [-0.3, -0.25) is 0 Å². The second-order valence-corrected chi connectivity index (χ2v) is 6.81. The van der Waals surface area contributed by atoms with Gasteiger partial charge in [-0.15, -0.1) is 0 Å². The zero-order valence-electron chi connectivity index (χ0n) is 10.6. The molecule has 19 heavy (non-hydrogen) atoms. The summed E-state index contributed by atoms with van der Waals surface area (Å²) < 4.78 is 8.18. The van der Waals surface area contributed by atoms with E-state index in [4.69, 9.17) is 10.5 Å². The molecule has 0 aliphatic carbocycles. The quantitative estimate of drug-likeness (QED) is 0.653. The predicted molar refractivity (Wildman–Crippen MR) is 95.7 cm³/mol. The van der Waals surface area contributed by atoms with Crippen LogP contribution in [0.15, 0.2) is 42.5 Å². The molecule has 100 valence electrons. The molecule has 0 unspecified atom stereocenters. The van der Waals surface area contributed by atoms with Gasteiger partial charge in [-0.2, -0.15) is 0 Å². The topological polar surface area (TPSA) is 35.2 Å². The summed E-state index contributed by atoms with van der Waals surface area (Å²) in [4.78, 5) is 0. The van der Waals surface area contributed by atoms with E-state index in [9.17, 15) is 0 Å². The van der Waals surface area contributed by atoms with Crippen LogP contribution in [0.2, 0.25) is 0 Å². The molecule has 2 aromatic carbocycles. The zero-order valence-corrected chi connectivity index (χ0v) is 14.9. The maximum Gasteiger partial charge on any atom is 0.154 e. The van der Waals surface area contributed by atoms with Crippen LogP contribution in [0.1, 0.15) is 12.5 Å². The lowest BCUT2D eigenvalue weighted by Crippen LogP contribution is -2.17. The fourth-order valence-corrected chi connectivity index (χ4v) is 3.92. The first-order valence-electron chi connectivity index (χ1n) is 6.02. The molecule has 4 heteroatoms. The number of halogens is 2. The van der Waals surface area contributed by atoms with Crippen LogP contribution in [0.4, 0.5) is 0 Å². The third kappa shape index (κ3) is 4.32. The summed E-state index contributed by atoms with van der Waals surface area (Å²) in [6.45, 7) is 2.02. The molecule has 1 atom stereocenters. The lowest BCUT2D eigenvalue weighted by atomic mass is 10.1. The first-order valence-corrected chi connectivity index (χ1v) is 8.18. The first kappa shape index (κ1) is 15.1. The van der Waals surface area contributed by atoms with Crippen molar-refractivity contribution in [2.75, 3.05) is 0 Å². The third-order valence-electron chi connectivity index (χ3n) is 2.58. The highest BCUT2D eigenvalue weighted by Gasteiger charge is 2.10. The number of benzene rings is 2. The Labute approximate surface area is 141 Å². The van der Waals surface area contributed by atoms with Crippen molar-refractivity contribution in [1.82, 2.24) is 0 Å². The molecule has 2 N–H and O–H groups in total. The van der Waals surface area contributed by atoms with Crippen molar-refractivity contribution in [3.63, 3.8) is 0 Å². The molecule has 0 heterocycles. The molecule has 0 fully saturated rings. The second kappa shape index (κ2) is 6.90. The highest BCUT2D eigenvalue weighted by atomic mass is 127. The number of para-hydroxylation sites is 1. The van der Waals surface area contributed by atoms with Gasteiger partial charge in [0.2, 0.25) is 0 Å². The van der Waals surface area contributed by atoms with E-state index in [1.165, 1.54) is 5.56 Å². The van der Waals surface area contributed by atoms with Crippen molar-refractivity contribution >= 4 is 45.2 Å². The van der Waals surface area contributed by atoms with Gasteiger partial charge >= 0.3 is 0 Å². The molecule has 0 aromatic heterocycles. The van der Waals surface area contributed by atoms with Crippen molar-refractivity contribution in [1.29, 1.82) is 0 Å². The van der Waals surface area contributed by atoms with Gasteiger partial charge in [-0.05, 0) is 88.4 Å². The van der Waals surface area contributed by atoms with Crippen molar-refractivity contribution in [3.05, 3.63) is 55.2 Å². The number of rotatable bonds is 4. The Morgan fingerprint density at radius 3 is 2.21 bits per heavy atom. The summed E-state index contributed by atoms with van der Waals surface area (Å²) in [5.74, 6) is 1.78. The molecule has 2 rings (SSSR count). The molecule has 0 radical (unpaired) electrons. The Morgan fingerprint density at radius 2 is 1.68 bits per heavy atom. The Morgan fingerprint density at radius 1 is 1.11 bits per heavy atom. The Kier molecular flexibility index (Phi) is 5.47. The molecule has 0 aliphatic heterocycles. The second-order valence-electron chi connectivity index (χ2n) is 4.49. The lowest BCUT2D eigenvalue weighted by Gasteiger charge is -2.13. The average Bonchev–Trinajstić information content (AvgIpc) is 2.34. The maximum absolute atomic E-state index is 5.95. The van der Waals surface area contributed by atoms with E-state index in [0.29, 0.717) is 0 Å². The molecule has 0 saturated heterocycles. The number of ether oxygens (including phenoxy) is 1. The van der Waals surface area contributed by atoms with E-state index < -0.39 is 0 Å². The van der Waals surface area contributed by atoms with E-state index in [-0.39, 0.29) is 6.04 Å². The van der Waals surface area contributed by atoms with Crippen LogP contribution in [-0.2, 0) is 6.42 Å². The Balaban J connectivity index is 2.27. The van der Waals surface area contributed by atoms with Gasteiger partial charge in [-0.1, -0.05) is 18.2 Å². The average molecular weight is 479 g/mol. The smallest absolute Gasteiger partial charge is 0.154 e. The van der Waals surface area contributed by atoms with Crippen LogP contribution in [0.3, 0.4) is 0 Å². The Bertz CT molecular complexity index is 532. The van der Waals surface area contributed by atoms with Crippen molar-refractivity contribution in [2.24, 2.45) is 5.73 Å². The van der Waals surface area contributed by atoms with Crippen LogP contribution >= 0.6 is 45.2 Å². The van der Waals surface area contributed by atoms with Gasteiger partial charge < -0.3 is 10.5 Å². The van der Waals surface area contributed by atoms with Gasteiger partial charge in [0, 0.05) is 6.04 Å². The molecule has 0 spiro atoms. The lowest BCUT2D eigenvalue weighted by molar-refractivity contribution is 0.475. The monoisotopic (exact) mass is 479 g/mol. The minimum Gasteiger partial charge on any atom is -0.455 e. The van der Waals surface area contributed by atoms with Gasteiger partial charge in [0.25, 0.3) is 0 Å². The van der Waals surface area contributed by atoms with E-state index in [2.05, 4.69) is 57.3 Å². The van der Waals surface area contributed by atoms with Gasteiger partial charge in [0.05, 0.1) is 7.14 Å². The van der Waals surface area contributed by atoms with Crippen molar-refractivity contribution in [3.8, 4) is 11.5 Å². The van der Waals surface area contributed by atoms with Crippen LogP contribution in [0.25, 0.3) is 0 Å². The van der Waals surface area contributed by atoms with E-state index >= 15 is 0 Å². The first-order chi connectivity index (χ1) is 9.06. The number of hydrogen-bond donors (Lipinski definition) is 1. The van der Waals surface area contributed by atoms with E-state index in [1.807, 2.05) is 37.3 Å². The SMILES string of the molecule is C[C@@H](N)Cc1cc(I)c(Oc2ccccc2)c(I)c1. The normalized spacial score (nSPS) is 12.2. The van der Waals surface area contributed by atoms with Gasteiger partial charge in [0.15, 0.2) is 5.75 Å². The number of hydrogen-bond acceptors (Lipinski definition) is 2. The van der Waals surface area contributed by atoms with Gasteiger partial charge in [-0.25, -0.2) is 0 Å². The molecule has 2 nitrogen and oxygen atoms in total. The van der Waals surface area contributed by atoms with Crippen molar-refractivity contribution < 1.29 is 4.74 Å². The highest BCUT2D eigenvalue weighted by molar-refractivity contribution is 14.1. The third-order valence-corrected chi connectivity index (χ3v) is 4.18. The van der Waals surface area contributed by atoms with Crippen LogP contribution in [0.5, 0.6) is 11.5 Å². The molecular formula is C15H15I2NO. The van der Waals surface area contributed by atoms with Crippen LogP contribution in [0, 0.1) is 7.14 Å².